The standard InChI is InChI=1S/C17H19N3S/c18-14-9-7-13(8-10-14)12-19-11-3-6-17-20-15-4-1-2-5-16(15)21-17/h1-2,4-5,7-10,19H,3,6,11-12,18H2. The Balaban J connectivity index is 1.42. The first-order valence-corrected chi connectivity index (χ1v) is 8.02. The van der Waals surface area contributed by atoms with E-state index in [0.717, 1.165) is 37.1 Å². The van der Waals surface area contributed by atoms with Crippen LogP contribution in [-0.2, 0) is 13.0 Å². The molecule has 4 heteroatoms. The molecule has 0 spiro atoms. The predicted molar refractivity (Wildman–Crippen MR) is 90.5 cm³/mol. The molecule has 3 rings (SSSR count). The molecule has 0 saturated carbocycles. The Kier molecular flexibility index (Phi) is 4.48. The van der Waals surface area contributed by atoms with Gasteiger partial charge < -0.3 is 11.1 Å². The fraction of sp³-hybridized carbons (Fsp3) is 0.235. The van der Waals surface area contributed by atoms with E-state index < -0.39 is 0 Å². The van der Waals surface area contributed by atoms with Gasteiger partial charge in [0.15, 0.2) is 0 Å². The number of benzene rings is 2. The van der Waals surface area contributed by atoms with Gasteiger partial charge in [0.1, 0.15) is 0 Å². The zero-order chi connectivity index (χ0) is 14.5. The number of aryl methyl sites for hydroxylation is 1. The van der Waals surface area contributed by atoms with Crippen molar-refractivity contribution in [2.75, 3.05) is 12.3 Å². The Labute approximate surface area is 128 Å². The second-order valence-electron chi connectivity index (χ2n) is 5.10. The number of rotatable bonds is 6. The Morgan fingerprint density at radius 1 is 1.05 bits per heavy atom. The van der Waals surface area contributed by atoms with E-state index in [1.54, 1.807) is 11.3 Å². The summed E-state index contributed by atoms with van der Waals surface area (Å²) in [5.41, 5.74) is 8.87. The lowest BCUT2D eigenvalue weighted by molar-refractivity contribution is 0.649. The van der Waals surface area contributed by atoms with Crippen LogP contribution in [0, 0.1) is 0 Å². The van der Waals surface area contributed by atoms with Crippen LogP contribution in [-0.4, -0.2) is 11.5 Å². The number of para-hydroxylation sites is 1. The SMILES string of the molecule is Nc1ccc(CNCCCc2nc3ccccc3s2)cc1. The van der Waals surface area contributed by atoms with E-state index >= 15 is 0 Å². The van der Waals surface area contributed by atoms with Crippen LogP contribution < -0.4 is 11.1 Å². The van der Waals surface area contributed by atoms with Crippen LogP contribution in [0.1, 0.15) is 17.0 Å². The van der Waals surface area contributed by atoms with Gasteiger partial charge in [-0.15, -0.1) is 11.3 Å². The van der Waals surface area contributed by atoms with Crippen molar-refractivity contribution in [3.8, 4) is 0 Å². The third kappa shape index (κ3) is 3.80. The molecule has 0 aliphatic carbocycles. The van der Waals surface area contributed by atoms with Crippen molar-refractivity contribution < 1.29 is 0 Å². The molecule has 0 radical (unpaired) electrons. The van der Waals surface area contributed by atoms with Crippen LogP contribution >= 0.6 is 11.3 Å². The summed E-state index contributed by atoms with van der Waals surface area (Å²) in [7, 11) is 0. The monoisotopic (exact) mass is 297 g/mol. The Morgan fingerprint density at radius 3 is 2.67 bits per heavy atom. The molecule has 21 heavy (non-hydrogen) atoms. The summed E-state index contributed by atoms with van der Waals surface area (Å²) in [6, 6.07) is 16.3. The number of anilines is 1. The summed E-state index contributed by atoms with van der Waals surface area (Å²) < 4.78 is 1.28. The molecule has 3 N–H and O–H groups in total. The van der Waals surface area contributed by atoms with Gasteiger partial charge in [-0.1, -0.05) is 24.3 Å². The fourth-order valence-corrected chi connectivity index (χ4v) is 3.27. The van der Waals surface area contributed by atoms with Crippen LogP contribution in [0.4, 0.5) is 5.69 Å². The van der Waals surface area contributed by atoms with E-state index in [1.165, 1.54) is 15.3 Å². The van der Waals surface area contributed by atoms with Gasteiger partial charge >= 0.3 is 0 Å². The van der Waals surface area contributed by atoms with E-state index in [-0.39, 0.29) is 0 Å². The second kappa shape index (κ2) is 6.70. The molecular formula is C17H19N3S. The summed E-state index contributed by atoms with van der Waals surface area (Å²) in [6.07, 6.45) is 2.14. The van der Waals surface area contributed by atoms with E-state index in [2.05, 4.69) is 40.6 Å². The molecule has 0 amide bonds. The molecule has 0 saturated heterocycles. The lowest BCUT2D eigenvalue weighted by atomic mass is 10.2. The van der Waals surface area contributed by atoms with Crippen LogP contribution in [0.2, 0.25) is 0 Å². The van der Waals surface area contributed by atoms with E-state index in [1.807, 2.05) is 18.2 Å². The number of nitrogens with zero attached hydrogens (tertiary/aromatic N) is 1. The van der Waals surface area contributed by atoms with Crippen LogP contribution in [0.3, 0.4) is 0 Å². The number of fused-ring (bicyclic) bond motifs is 1. The molecule has 0 aliphatic heterocycles. The van der Waals surface area contributed by atoms with Gasteiger partial charge in [0, 0.05) is 18.7 Å². The van der Waals surface area contributed by atoms with Crippen molar-refractivity contribution in [2.24, 2.45) is 0 Å². The van der Waals surface area contributed by atoms with E-state index in [0.29, 0.717) is 0 Å². The largest absolute Gasteiger partial charge is 0.399 e. The van der Waals surface area contributed by atoms with Gasteiger partial charge in [-0.05, 0) is 42.8 Å². The van der Waals surface area contributed by atoms with Crippen molar-refractivity contribution in [1.82, 2.24) is 10.3 Å². The number of aromatic nitrogens is 1. The number of hydrogen-bond donors (Lipinski definition) is 2. The molecule has 0 fully saturated rings. The first-order chi connectivity index (χ1) is 10.3. The highest BCUT2D eigenvalue weighted by molar-refractivity contribution is 7.18. The zero-order valence-corrected chi connectivity index (χ0v) is 12.7. The van der Waals surface area contributed by atoms with Gasteiger partial charge in [-0.2, -0.15) is 0 Å². The number of hydrogen-bond acceptors (Lipinski definition) is 4. The summed E-state index contributed by atoms with van der Waals surface area (Å²) in [4.78, 5) is 4.66. The molecule has 1 heterocycles. The molecule has 1 aromatic heterocycles. The smallest absolute Gasteiger partial charge is 0.0939 e. The van der Waals surface area contributed by atoms with Crippen LogP contribution in [0.5, 0.6) is 0 Å². The maximum absolute atomic E-state index is 5.67. The summed E-state index contributed by atoms with van der Waals surface area (Å²) in [5, 5.41) is 4.69. The van der Waals surface area contributed by atoms with Gasteiger partial charge in [-0.25, -0.2) is 4.98 Å². The maximum atomic E-state index is 5.67. The van der Waals surface area contributed by atoms with Crippen molar-refractivity contribution in [1.29, 1.82) is 0 Å². The van der Waals surface area contributed by atoms with Crippen molar-refractivity contribution in [3.63, 3.8) is 0 Å². The van der Waals surface area contributed by atoms with Crippen molar-refractivity contribution in [2.45, 2.75) is 19.4 Å². The predicted octanol–water partition coefficient (Wildman–Crippen LogP) is 3.60. The maximum Gasteiger partial charge on any atom is 0.0939 e. The Bertz CT molecular complexity index is 670. The molecule has 3 nitrogen and oxygen atoms in total. The zero-order valence-electron chi connectivity index (χ0n) is 11.9. The molecule has 3 aromatic rings. The minimum absolute atomic E-state index is 0.814. The lowest BCUT2D eigenvalue weighted by Gasteiger charge is -2.04. The molecule has 108 valence electrons. The fourth-order valence-electron chi connectivity index (χ4n) is 2.26. The summed E-state index contributed by atoms with van der Waals surface area (Å²) in [5.74, 6) is 0. The highest BCUT2D eigenvalue weighted by Gasteiger charge is 2.02. The number of thiazole rings is 1. The van der Waals surface area contributed by atoms with E-state index in [9.17, 15) is 0 Å². The Morgan fingerprint density at radius 2 is 1.86 bits per heavy atom. The highest BCUT2D eigenvalue weighted by atomic mass is 32.1. The van der Waals surface area contributed by atoms with Gasteiger partial charge in [-0.3, -0.25) is 0 Å². The minimum atomic E-state index is 0.814. The molecular weight excluding hydrogens is 278 g/mol. The molecule has 0 unspecified atom stereocenters. The minimum Gasteiger partial charge on any atom is -0.399 e. The normalized spacial score (nSPS) is 11.0. The molecule has 0 bridgehead atoms. The van der Waals surface area contributed by atoms with Gasteiger partial charge in [0.05, 0.1) is 15.2 Å². The topological polar surface area (TPSA) is 50.9 Å². The summed E-state index contributed by atoms with van der Waals surface area (Å²) in [6.45, 7) is 1.89. The Hall–Kier alpha value is -1.91. The third-order valence-electron chi connectivity index (χ3n) is 3.39. The second-order valence-corrected chi connectivity index (χ2v) is 6.21. The number of nitrogens with two attached hydrogens (primary N) is 1. The third-order valence-corrected chi connectivity index (χ3v) is 4.49. The highest BCUT2D eigenvalue weighted by Crippen LogP contribution is 2.22. The van der Waals surface area contributed by atoms with Crippen LogP contribution in [0.25, 0.3) is 10.2 Å². The summed E-state index contributed by atoms with van der Waals surface area (Å²) >= 11 is 1.80. The average molecular weight is 297 g/mol. The quantitative estimate of drug-likeness (QED) is 0.540. The average Bonchev–Trinajstić information content (AvgIpc) is 2.91. The van der Waals surface area contributed by atoms with Gasteiger partial charge in [0.25, 0.3) is 0 Å². The van der Waals surface area contributed by atoms with E-state index in [4.69, 9.17) is 5.73 Å². The number of nitrogen functional groups attached to an aromatic ring is 1. The van der Waals surface area contributed by atoms with Gasteiger partial charge in [0.2, 0.25) is 0 Å². The number of nitrogens with one attached hydrogen (secondary N) is 1. The van der Waals surface area contributed by atoms with Crippen molar-refractivity contribution >= 4 is 27.2 Å². The molecule has 0 atom stereocenters. The van der Waals surface area contributed by atoms with Crippen LogP contribution in [0.15, 0.2) is 48.5 Å². The lowest BCUT2D eigenvalue weighted by Crippen LogP contribution is -2.15. The molecule has 2 aromatic carbocycles. The van der Waals surface area contributed by atoms with Crippen molar-refractivity contribution in [3.05, 3.63) is 59.1 Å². The first-order valence-electron chi connectivity index (χ1n) is 7.21. The molecule has 0 aliphatic rings. The first kappa shape index (κ1) is 14.0.